The van der Waals surface area contributed by atoms with Crippen LogP contribution in [0, 0.1) is 12.7 Å². The van der Waals surface area contributed by atoms with Crippen molar-refractivity contribution in [2.45, 2.75) is 26.8 Å². The summed E-state index contributed by atoms with van der Waals surface area (Å²) in [7, 11) is 1.56. The Kier molecular flexibility index (Phi) is 6.11. The highest BCUT2D eigenvalue weighted by Gasteiger charge is 2.19. The number of aryl methyl sites for hydroxylation is 2. The van der Waals surface area contributed by atoms with E-state index in [1.54, 1.807) is 36.5 Å². The van der Waals surface area contributed by atoms with Crippen LogP contribution in [0.2, 0.25) is 0 Å². The summed E-state index contributed by atoms with van der Waals surface area (Å²) in [6.07, 6.45) is 4.15. The van der Waals surface area contributed by atoms with E-state index >= 15 is 4.39 Å². The van der Waals surface area contributed by atoms with E-state index in [4.69, 9.17) is 4.84 Å². The van der Waals surface area contributed by atoms with Gasteiger partial charge in [0.05, 0.1) is 18.7 Å². The van der Waals surface area contributed by atoms with Crippen LogP contribution in [0.1, 0.15) is 39.8 Å². The highest BCUT2D eigenvalue weighted by molar-refractivity contribution is 5.92. The van der Waals surface area contributed by atoms with Gasteiger partial charge in [-0.2, -0.15) is 5.06 Å². The molecule has 0 atom stereocenters. The number of aromatic amines is 1. The van der Waals surface area contributed by atoms with E-state index in [1.165, 1.54) is 0 Å². The second-order valence-electron chi connectivity index (χ2n) is 7.59. The van der Waals surface area contributed by atoms with Gasteiger partial charge in [-0.05, 0) is 36.6 Å². The highest BCUT2D eigenvalue weighted by Crippen LogP contribution is 2.24. The molecule has 32 heavy (non-hydrogen) atoms. The molecule has 3 heterocycles. The van der Waals surface area contributed by atoms with Crippen LogP contribution in [-0.2, 0) is 17.8 Å². The molecule has 0 fully saturated rings. The summed E-state index contributed by atoms with van der Waals surface area (Å²) in [6, 6.07) is 5.11. The van der Waals surface area contributed by atoms with Crippen molar-refractivity contribution in [3.63, 3.8) is 0 Å². The van der Waals surface area contributed by atoms with Crippen LogP contribution in [0.25, 0.3) is 16.6 Å². The first kappa shape index (κ1) is 21.8. The summed E-state index contributed by atoms with van der Waals surface area (Å²) in [5.74, 6) is -0.738. The Labute approximate surface area is 184 Å². The van der Waals surface area contributed by atoms with Gasteiger partial charge >= 0.3 is 0 Å². The van der Waals surface area contributed by atoms with E-state index in [1.807, 2.05) is 19.9 Å². The second-order valence-corrected chi connectivity index (χ2v) is 7.59. The summed E-state index contributed by atoms with van der Waals surface area (Å²) >= 11 is 0. The molecule has 1 aliphatic rings. The number of carbonyl (C=O) groups excluding carboxylic acids is 1. The van der Waals surface area contributed by atoms with Gasteiger partial charge in [-0.3, -0.25) is 19.4 Å². The van der Waals surface area contributed by atoms with Gasteiger partial charge < -0.3 is 10.3 Å². The van der Waals surface area contributed by atoms with Crippen LogP contribution in [0.3, 0.4) is 0 Å². The van der Waals surface area contributed by atoms with Gasteiger partial charge in [0.15, 0.2) is 5.82 Å². The zero-order valence-corrected chi connectivity index (χ0v) is 18.2. The smallest absolute Gasteiger partial charge is 0.270 e. The van der Waals surface area contributed by atoms with E-state index in [9.17, 15) is 9.59 Å². The van der Waals surface area contributed by atoms with Gasteiger partial charge in [-0.1, -0.05) is 19.1 Å². The van der Waals surface area contributed by atoms with Crippen molar-refractivity contribution in [1.82, 2.24) is 25.3 Å². The molecule has 1 aliphatic heterocycles. The van der Waals surface area contributed by atoms with Crippen LogP contribution >= 0.6 is 0 Å². The van der Waals surface area contributed by atoms with Gasteiger partial charge in [0.1, 0.15) is 16.9 Å². The van der Waals surface area contributed by atoms with Crippen LogP contribution < -0.4 is 10.9 Å². The Morgan fingerprint density at radius 3 is 2.84 bits per heavy atom. The zero-order chi connectivity index (χ0) is 22.8. The minimum absolute atomic E-state index is 0.107. The number of fused-ring (bicyclic) bond motifs is 1. The molecule has 1 aromatic carbocycles. The highest BCUT2D eigenvalue weighted by atomic mass is 19.1. The maximum atomic E-state index is 15.0. The largest absolute Gasteiger partial charge is 0.354 e. The monoisotopic (exact) mass is 437 g/mol. The first-order valence-corrected chi connectivity index (χ1v) is 10.4. The molecule has 0 saturated carbocycles. The molecule has 8 nitrogen and oxygen atoms in total. The summed E-state index contributed by atoms with van der Waals surface area (Å²) in [4.78, 5) is 40.7. The minimum atomic E-state index is -0.502. The third kappa shape index (κ3) is 4.17. The average molecular weight is 437 g/mol. The lowest BCUT2D eigenvalue weighted by molar-refractivity contribution is -0.151. The van der Waals surface area contributed by atoms with E-state index in [2.05, 4.69) is 20.3 Å². The third-order valence-corrected chi connectivity index (χ3v) is 5.50. The zero-order valence-electron chi connectivity index (χ0n) is 18.2. The number of hydrogen-bond acceptors (Lipinski definition) is 6. The molecule has 4 rings (SSSR count). The normalized spacial score (nSPS) is 14.4. The Morgan fingerprint density at radius 2 is 2.19 bits per heavy atom. The van der Waals surface area contributed by atoms with Crippen LogP contribution in [0.15, 0.2) is 35.3 Å². The fraction of sp³-hybridized carbons (Fsp3) is 0.304. The van der Waals surface area contributed by atoms with Crippen molar-refractivity contribution in [3.05, 3.63) is 74.7 Å². The molecule has 0 spiro atoms. The Hall–Kier alpha value is -3.43. The van der Waals surface area contributed by atoms with Crippen LogP contribution in [-0.4, -0.2) is 46.1 Å². The standard InChI is InChI=1S/C23H24FN5O3/c1-4-17-23(31)28-21-18(27-17)6-5-14(20(21)24)11-29-8-7-15(12-32-29)16-10-26-19(9-13(16)2)22(30)25-3/h5-7,9-10H,4,8,11-12H2,1-3H3,(H,25,30)(H,28,31). The van der Waals surface area contributed by atoms with Crippen molar-refractivity contribution in [2.24, 2.45) is 0 Å². The fourth-order valence-electron chi connectivity index (χ4n) is 3.68. The van der Waals surface area contributed by atoms with E-state index in [0.717, 1.165) is 16.7 Å². The number of carbonyl (C=O) groups is 1. The van der Waals surface area contributed by atoms with Crippen molar-refractivity contribution in [1.29, 1.82) is 0 Å². The first-order chi connectivity index (χ1) is 15.4. The average Bonchev–Trinajstić information content (AvgIpc) is 2.81. The summed E-state index contributed by atoms with van der Waals surface area (Å²) in [5.41, 5.74) is 4.09. The number of benzene rings is 1. The molecule has 3 aromatic rings. The number of halogens is 1. The fourth-order valence-corrected chi connectivity index (χ4v) is 3.68. The van der Waals surface area contributed by atoms with Gasteiger partial charge in [0.25, 0.3) is 11.5 Å². The van der Waals surface area contributed by atoms with Crippen LogP contribution in [0.5, 0.6) is 0 Å². The van der Waals surface area contributed by atoms with Gasteiger partial charge in [-0.15, -0.1) is 0 Å². The van der Waals surface area contributed by atoms with Crippen molar-refractivity contribution < 1.29 is 14.0 Å². The molecule has 0 bridgehead atoms. The topological polar surface area (TPSA) is 100 Å². The maximum absolute atomic E-state index is 15.0. The lowest BCUT2D eigenvalue weighted by Crippen LogP contribution is -2.29. The lowest BCUT2D eigenvalue weighted by Gasteiger charge is -2.26. The summed E-state index contributed by atoms with van der Waals surface area (Å²) in [5, 5.41) is 4.21. The number of amides is 1. The van der Waals surface area contributed by atoms with Crippen molar-refractivity contribution in [3.8, 4) is 0 Å². The number of nitrogens with zero attached hydrogens (tertiary/aromatic N) is 3. The molecule has 0 radical (unpaired) electrons. The number of aromatic nitrogens is 3. The Balaban J connectivity index is 1.51. The SMILES string of the molecule is CCc1nc2ccc(CN3CC=C(c4cnc(C(=O)NC)cc4C)CO3)c(F)c2[nH]c1=O. The first-order valence-electron chi connectivity index (χ1n) is 10.4. The number of hydroxylamine groups is 2. The van der Waals surface area contributed by atoms with Crippen molar-refractivity contribution in [2.75, 3.05) is 20.2 Å². The molecule has 0 aliphatic carbocycles. The molecule has 0 saturated heterocycles. The van der Waals surface area contributed by atoms with Crippen molar-refractivity contribution >= 4 is 22.5 Å². The Bertz CT molecular complexity index is 1280. The number of nitrogens with one attached hydrogen (secondary N) is 2. The molecule has 166 valence electrons. The lowest BCUT2D eigenvalue weighted by atomic mass is 10.0. The molecule has 9 heteroatoms. The molecule has 2 N–H and O–H groups in total. The molecular weight excluding hydrogens is 413 g/mol. The number of hydrogen-bond donors (Lipinski definition) is 2. The number of H-pyrrole nitrogens is 1. The molecule has 0 unspecified atom stereocenters. The predicted octanol–water partition coefficient (Wildman–Crippen LogP) is 2.52. The summed E-state index contributed by atoms with van der Waals surface area (Å²) < 4.78 is 15.0. The molecule has 1 amide bonds. The number of rotatable bonds is 5. The second kappa shape index (κ2) is 8.97. The van der Waals surface area contributed by atoms with E-state index < -0.39 is 5.82 Å². The quantitative estimate of drug-likeness (QED) is 0.636. The minimum Gasteiger partial charge on any atom is -0.354 e. The molecular formula is C23H24FN5O3. The Morgan fingerprint density at radius 1 is 1.38 bits per heavy atom. The maximum Gasteiger partial charge on any atom is 0.270 e. The number of pyridine rings is 1. The van der Waals surface area contributed by atoms with Gasteiger partial charge in [0.2, 0.25) is 0 Å². The molecule has 2 aromatic heterocycles. The van der Waals surface area contributed by atoms with E-state index in [-0.39, 0.29) is 23.5 Å². The van der Waals surface area contributed by atoms with Gasteiger partial charge in [-0.25, -0.2) is 9.37 Å². The summed E-state index contributed by atoms with van der Waals surface area (Å²) in [6.45, 7) is 4.72. The van der Waals surface area contributed by atoms with Gasteiger partial charge in [0, 0.05) is 30.9 Å². The predicted molar refractivity (Wildman–Crippen MR) is 118 cm³/mol. The third-order valence-electron chi connectivity index (χ3n) is 5.50. The van der Waals surface area contributed by atoms with Crippen LogP contribution in [0.4, 0.5) is 4.39 Å². The van der Waals surface area contributed by atoms with E-state index in [0.29, 0.717) is 42.0 Å².